The molecule has 0 saturated carbocycles. The highest BCUT2D eigenvalue weighted by Gasteiger charge is 2.25. The molecule has 1 fully saturated rings. The number of benzene rings is 2. The van der Waals surface area contributed by atoms with Gasteiger partial charge in [0.25, 0.3) is 5.91 Å². The average molecular weight is 332 g/mol. The molecular weight excluding hydrogens is 312 g/mol. The van der Waals surface area contributed by atoms with Gasteiger partial charge in [0.1, 0.15) is 17.4 Å². The summed E-state index contributed by atoms with van der Waals surface area (Å²) in [4.78, 5) is 18.9. The van der Waals surface area contributed by atoms with Gasteiger partial charge in [-0.3, -0.25) is 9.78 Å². The molecule has 0 spiro atoms. The third kappa shape index (κ3) is 3.33. The largest absolute Gasteiger partial charge is 0.488 e. The molecule has 0 atom stereocenters. The van der Waals surface area contributed by atoms with Gasteiger partial charge in [-0.25, -0.2) is 0 Å². The molecule has 0 N–H and O–H groups in total. The quantitative estimate of drug-likeness (QED) is 0.730. The molecule has 1 aliphatic heterocycles. The highest BCUT2D eigenvalue weighted by molar-refractivity contribution is 5.94. The Bertz CT molecular complexity index is 866. The van der Waals surface area contributed by atoms with E-state index in [9.17, 15) is 4.79 Å². The molecule has 4 heteroatoms. The summed E-state index contributed by atoms with van der Waals surface area (Å²) in [6.45, 7) is 1.44. The SMILES string of the molecule is O=C(c1ccccc1)N1CCC(Oc2cccc3cccnc23)CC1. The molecular formula is C21H20N2O2. The van der Waals surface area contributed by atoms with Crippen LogP contribution in [0.5, 0.6) is 5.75 Å². The number of piperidine rings is 1. The molecule has 2 aromatic carbocycles. The zero-order valence-corrected chi connectivity index (χ0v) is 14.0. The van der Waals surface area contributed by atoms with Crippen LogP contribution in [0.15, 0.2) is 66.9 Å². The summed E-state index contributed by atoms with van der Waals surface area (Å²) in [7, 11) is 0. The normalized spacial score (nSPS) is 15.3. The summed E-state index contributed by atoms with van der Waals surface area (Å²) in [6, 6.07) is 19.4. The fraction of sp³-hybridized carbons (Fsp3) is 0.238. The second-order valence-corrected chi connectivity index (χ2v) is 6.31. The van der Waals surface area contributed by atoms with Crippen LogP contribution in [0.1, 0.15) is 23.2 Å². The molecule has 0 aliphatic carbocycles. The molecule has 1 aliphatic rings. The van der Waals surface area contributed by atoms with Crippen LogP contribution in [0.4, 0.5) is 0 Å². The second-order valence-electron chi connectivity index (χ2n) is 6.31. The molecule has 0 bridgehead atoms. The van der Waals surface area contributed by atoms with Crippen molar-refractivity contribution in [2.75, 3.05) is 13.1 Å². The van der Waals surface area contributed by atoms with Crippen molar-refractivity contribution >= 4 is 16.8 Å². The number of hydrogen-bond donors (Lipinski definition) is 0. The van der Waals surface area contributed by atoms with Crippen molar-refractivity contribution in [1.82, 2.24) is 9.88 Å². The predicted octanol–water partition coefficient (Wildman–Crippen LogP) is 3.92. The van der Waals surface area contributed by atoms with Crippen molar-refractivity contribution in [3.8, 4) is 5.75 Å². The Labute approximate surface area is 147 Å². The van der Waals surface area contributed by atoms with Crippen molar-refractivity contribution in [3.05, 3.63) is 72.4 Å². The van der Waals surface area contributed by atoms with Gasteiger partial charge in [-0.05, 0) is 24.3 Å². The minimum absolute atomic E-state index is 0.103. The third-order valence-corrected chi connectivity index (χ3v) is 4.64. The number of carbonyl (C=O) groups is 1. The summed E-state index contributed by atoms with van der Waals surface area (Å²) in [5.74, 6) is 0.928. The first kappa shape index (κ1) is 15.6. The van der Waals surface area contributed by atoms with Gasteiger partial charge >= 0.3 is 0 Å². The Hall–Kier alpha value is -2.88. The van der Waals surface area contributed by atoms with Gasteiger partial charge in [0.15, 0.2) is 0 Å². The minimum Gasteiger partial charge on any atom is -0.488 e. The maximum absolute atomic E-state index is 12.5. The molecule has 0 unspecified atom stereocenters. The van der Waals surface area contributed by atoms with Crippen molar-refractivity contribution in [1.29, 1.82) is 0 Å². The fourth-order valence-electron chi connectivity index (χ4n) is 3.29. The first-order chi connectivity index (χ1) is 12.3. The van der Waals surface area contributed by atoms with E-state index in [1.54, 1.807) is 6.20 Å². The first-order valence-electron chi connectivity index (χ1n) is 8.66. The summed E-state index contributed by atoms with van der Waals surface area (Å²) in [6.07, 6.45) is 3.58. The van der Waals surface area contributed by atoms with E-state index in [0.29, 0.717) is 0 Å². The van der Waals surface area contributed by atoms with E-state index in [0.717, 1.165) is 48.1 Å². The molecule has 1 aromatic heterocycles. The Kier molecular flexibility index (Phi) is 4.34. The highest BCUT2D eigenvalue weighted by atomic mass is 16.5. The van der Waals surface area contributed by atoms with Gasteiger partial charge in [-0.2, -0.15) is 0 Å². The zero-order chi connectivity index (χ0) is 17.1. The van der Waals surface area contributed by atoms with Crippen molar-refractivity contribution in [2.24, 2.45) is 0 Å². The maximum Gasteiger partial charge on any atom is 0.253 e. The number of aromatic nitrogens is 1. The van der Waals surface area contributed by atoms with Gasteiger partial charge in [-0.1, -0.05) is 36.4 Å². The zero-order valence-electron chi connectivity index (χ0n) is 14.0. The van der Waals surface area contributed by atoms with Crippen LogP contribution in [0, 0.1) is 0 Å². The van der Waals surface area contributed by atoms with Crippen molar-refractivity contribution in [2.45, 2.75) is 18.9 Å². The fourth-order valence-corrected chi connectivity index (χ4v) is 3.29. The van der Waals surface area contributed by atoms with Crippen LogP contribution in [-0.4, -0.2) is 35.0 Å². The molecule has 1 saturated heterocycles. The molecule has 4 nitrogen and oxygen atoms in total. The Balaban J connectivity index is 1.41. The molecule has 2 heterocycles. The molecule has 0 radical (unpaired) electrons. The van der Waals surface area contributed by atoms with Gasteiger partial charge in [0.2, 0.25) is 0 Å². The van der Waals surface area contributed by atoms with Gasteiger partial charge in [-0.15, -0.1) is 0 Å². The third-order valence-electron chi connectivity index (χ3n) is 4.64. The highest BCUT2D eigenvalue weighted by Crippen LogP contribution is 2.26. The van der Waals surface area contributed by atoms with E-state index in [1.165, 1.54) is 0 Å². The van der Waals surface area contributed by atoms with Crippen molar-refractivity contribution < 1.29 is 9.53 Å². The summed E-state index contributed by atoms with van der Waals surface area (Å²) in [5.41, 5.74) is 1.65. The lowest BCUT2D eigenvalue weighted by Crippen LogP contribution is -2.41. The van der Waals surface area contributed by atoms with Crippen LogP contribution in [-0.2, 0) is 0 Å². The number of rotatable bonds is 3. The Morgan fingerprint density at radius 1 is 0.960 bits per heavy atom. The standard InChI is InChI=1S/C21H20N2O2/c24-21(17-6-2-1-3-7-17)23-14-11-18(12-15-23)25-19-10-4-8-16-9-5-13-22-20(16)19/h1-10,13,18H,11-12,14-15H2. The topological polar surface area (TPSA) is 42.4 Å². The number of hydrogen-bond acceptors (Lipinski definition) is 3. The number of para-hydroxylation sites is 1. The van der Waals surface area contributed by atoms with E-state index < -0.39 is 0 Å². The first-order valence-corrected chi connectivity index (χ1v) is 8.66. The molecule has 3 aromatic rings. The van der Waals surface area contributed by atoms with Crippen LogP contribution >= 0.6 is 0 Å². The predicted molar refractivity (Wildman–Crippen MR) is 97.7 cm³/mol. The van der Waals surface area contributed by atoms with E-state index in [-0.39, 0.29) is 12.0 Å². The number of likely N-dealkylation sites (tertiary alicyclic amines) is 1. The van der Waals surface area contributed by atoms with Crippen molar-refractivity contribution in [3.63, 3.8) is 0 Å². The van der Waals surface area contributed by atoms with E-state index in [1.807, 2.05) is 65.6 Å². The van der Waals surface area contributed by atoms with E-state index >= 15 is 0 Å². The number of fused-ring (bicyclic) bond motifs is 1. The average Bonchev–Trinajstić information content (AvgIpc) is 2.69. The molecule has 126 valence electrons. The van der Waals surface area contributed by atoms with E-state index in [2.05, 4.69) is 4.98 Å². The lowest BCUT2D eigenvalue weighted by molar-refractivity contribution is 0.0597. The summed E-state index contributed by atoms with van der Waals surface area (Å²) < 4.78 is 6.20. The number of pyridine rings is 1. The molecule has 1 amide bonds. The van der Waals surface area contributed by atoms with Crippen LogP contribution in [0.25, 0.3) is 10.9 Å². The lowest BCUT2D eigenvalue weighted by atomic mass is 10.1. The Morgan fingerprint density at radius 2 is 1.72 bits per heavy atom. The molecule has 25 heavy (non-hydrogen) atoms. The summed E-state index contributed by atoms with van der Waals surface area (Å²) in [5, 5.41) is 1.08. The Morgan fingerprint density at radius 3 is 2.52 bits per heavy atom. The summed E-state index contributed by atoms with van der Waals surface area (Å²) >= 11 is 0. The molecule has 4 rings (SSSR count). The van der Waals surface area contributed by atoms with Crippen LogP contribution < -0.4 is 4.74 Å². The lowest BCUT2D eigenvalue weighted by Gasteiger charge is -2.32. The van der Waals surface area contributed by atoms with Gasteiger partial charge in [0.05, 0.1) is 0 Å². The van der Waals surface area contributed by atoms with Crippen LogP contribution in [0.3, 0.4) is 0 Å². The van der Waals surface area contributed by atoms with Crippen LogP contribution in [0.2, 0.25) is 0 Å². The number of nitrogens with zero attached hydrogens (tertiary/aromatic N) is 2. The number of amides is 1. The van der Waals surface area contributed by atoms with E-state index in [4.69, 9.17) is 4.74 Å². The number of carbonyl (C=O) groups excluding carboxylic acids is 1. The van der Waals surface area contributed by atoms with Gasteiger partial charge < -0.3 is 9.64 Å². The van der Waals surface area contributed by atoms with Gasteiger partial charge in [0, 0.05) is 43.1 Å². The number of ether oxygens (including phenoxy) is 1. The smallest absolute Gasteiger partial charge is 0.253 e. The monoisotopic (exact) mass is 332 g/mol. The minimum atomic E-state index is 0.103. The second kappa shape index (κ2) is 6.93. The maximum atomic E-state index is 12.5.